The Bertz CT molecular complexity index is 1470. The second kappa shape index (κ2) is 11.5. The molecule has 0 saturated carbocycles. The van der Waals surface area contributed by atoms with E-state index in [-0.39, 0.29) is 30.4 Å². The van der Waals surface area contributed by atoms with Gasteiger partial charge in [-0.25, -0.2) is 0 Å². The van der Waals surface area contributed by atoms with Gasteiger partial charge in [0.2, 0.25) is 17.7 Å². The molecule has 4 heterocycles. The summed E-state index contributed by atoms with van der Waals surface area (Å²) < 4.78 is 12.7. The van der Waals surface area contributed by atoms with Crippen molar-refractivity contribution in [3.05, 3.63) is 84.5 Å². The van der Waals surface area contributed by atoms with E-state index in [9.17, 15) is 19.5 Å². The van der Waals surface area contributed by atoms with Gasteiger partial charge in [-0.15, -0.1) is 0 Å². The third-order valence-electron chi connectivity index (χ3n) is 9.68. The Morgan fingerprint density at radius 2 is 1.61 bits per heavy atom. The van der Waals surface area contributed by atoms with E-state index in [0.29, 0.717) is 43.1 Å². The van der Waals surface area contributed by atoms with Crippen LogP contribution in [0, 0.1) is 11.8 Å². The zero-order valence-corrected chi connectivity index (χ0v) is 25.8. The number of benzene rings is 2. The minimum Gasteiger partial charge on any atom is -0.494 e. The van der Waals surface area contributed by atoms with E-state index in [1.165, 1.54) is 4.90 Å². The Balaban J connectivity index is 1.50. The van der Waals surface area contributed by atoms with E-state index in [1.807, 2.05) is 107 Å². The van der Waals surface area contributed by atoms with Gasteiger partial charge < -0.3 is 29.3 Å². The summed E-state index contributed by atoms with van der Waals surface area (Å²) in [5.41, 5.74) is -1.10. The molecule has 2 saturated heterocycles. The van der Waals surface area contributed by atoms with Crippen LogP contribution in [0.15, 0.2) is 78.9 Å². The molecule has 1 unspecified atom stereocenters. The van der Waals surface area contributed by atoms with Crippen LogP contribution in [0.4, 0.5) is 5.69 Å². The maximum atomic E-state index is 14.9. The third kappa shape index (κ3) is 4.47. The lowest BCUT2D eigenvalue weighted by Crippen LogP contribution is -2.58. The molecule has 0 aliphatic carbocycles. The summed E-state index contributed by atoms with van der Waals surface area (Å²) in [6, 6.07) is 14.6. The smallest absolute Gasteiger partial charge is 0.249 e. The second-order valence-corrected chi connectivity index (χ2v) is 12.2. The van der Waals surface area contributed by atoms with Crippen LogP contribution in [-0.2, 0) is 19.1 Å². The molecule has 4 aliphatic rings. The Morgan fingerprint density at radius 1 is 0.909 bits per heavy atom. The van der Waals surface area contributed by atoms with Crippen molar-refractivity contribution in [1.82, 2.24) is 9.80 Å². The van der Waals surface area contributed by atoms with Crippen molar-refractivity contribution in [2.45, 2.75) is 63.4 Å². The van der Waals surface area contributed by atoms with Crippen molar-refractivity contribution >= 4 is 23.4 Å². The normalized spacial score (nSPS) is 30.3. The highest BCUT2D eigenvalue weighted by Crippen LogP contribution is 2.60. The first-order valence-corrected chi connectivity index (χ1v) is 15.6. The van der Waals surface area contributed by atoms with Crippen LogP contribution in [-0.4, -0.2) is 82.2 Å². The first kappa shape index (κ1) is 30.1. The molecule has 6 atom stereocenters. The van der Waals surface area contributed by atoms with Gasteiger partial charge in [-0.1, -0.05) is 61.6 Å². The number of rotatable bonds is 8. The molecule has 1 N–H and O–H groups in total. The number of likely N-dealkylation sites (tertiary alicyclic amines) is 1. The largest absolute Gasteiger partial charge is 0.494 e. The van der Waals surface area contributed by atoms with Crippen molar-refractivity contribution in [1.29, 1.82) is 0 Å². The fourth-order valence-corrected chi connectivity index (χ4v) is 7.67. The number of amides is 3. The van der Waals surface area contributed by atoms with Crippen LogP contribution < -0.4 is 9.64 Å². The number of aliphatic hydroxyl groups is 1. The lowest BCUT2D eigenvalue weighted by molar-refractivity contribution is -0.156. The summed E-state index contributed by atoms with van der Waals surface area (Å²) in [5, 5.41) is 10.7. The quantitative estimate of drug-likeness (QED) is 0.463. The van der Waals surface area contributed by atoms with E-state index >= 15 is 0 Å². The summed E-state index contributed by atoms with van der Waals surface area (Å²) in [7, 11) is 0. The molecule has 2 fully saturated rings. The molecule has 44 heavy (non-hydrogen) atoms. The van der Waals surface area contributed by atoms with Gasteiger partial charge in [0.15, 0.2) is 0 Å². The van der Waals surface area contributed by atoms with Gasteiger partial charge in [0.1, 0.15) is 17.4 Å². The molecule has 2 aromatic rings. The maximum absolute atomic E-state index is 14.9. The number of hydrogen-bond donors (Lipinski definition) is 1. The number of carbonyl (C=O) groups excluding carboxylic acids is 3. The van der Waals surface area contributed by atoms with Gasteiger partial charge in [-0.3, -0.25) is 14.4 Å². The van der Waals surface area contributed by atoms with Crippen molar-refractivity contribution in [2.24, 2.45) is 11.8 Å². The zero-order valence-electron chi connectivity index (χ0n) is 25.8. The van der Waals surface area contributed by atoms with E-state index in [1.54, 1.807) is 9.80 Å². The standard InChI is InChI=1S/C35H41N3O6/c1-5-34-18-10-21-37(25-14-16-26(17-15-25)43-6-2)31(40)28(34)29-32(41)38(27(22-39)24-12-8-7-9-13-24)30-33(42)36(23(3)4)20-11-19-35(29,30)44-34/h7-19,23,27-30,39H,5-6,20-22H2,1-4H3/t27-,28-,29+,30?,34+,35+/m1/s1. The molecule has 9 nitrogen and oxygen atoms in total. The molecule has 0 aromatic heterocycles. The van der Waals surface area contributed by atoms with Crippen LogP contribution in [0.25, 0.3) is 0 Å². The van der Waals surface area contributed by atoms with Crippen molar-refractivity contribution < 1.29 is 29.0 Å². The zero-order chi connectivity index (χ0) is 31.2. The predicted molar refractivity (Wildman–Crippen MR) is 166 cm³/mol. The summed E-state index contributed by atoms with van der Waals surface area (Å²) >= 11 is 0. The molecule has 2 aromatic carbocycles. The minimum atomic E-state index is -1.40. The van der Waals surface area contributed by atoms with Gasteiger partial charge >= 0.3 is 0 Å². The van der Waals surface area contributed by atoms with Crippen LogP contribution >= 0.6 is 0 Å². The lowest BCUT2D eigenvalue weighted by atomic mass is 9.73. The summed E-state index contributed by atoms with van der Waals surface area (Å²) in [4.78, 5) is 49.1. The maximum Gasteiger partial charge on any atom is 0.249 e. The highest BCUT2D eigenvalue weighted by Gasteiger charge is 2.76. The molecule has 1 spiro atoms. The number of aliphatic hydroxyl groups excluding tert-OH is 1. The summed E-state index contributed by atoms with van der Waals surface area (Å²) in [5.74, 6) is -2.01. The monoisotopic (exact) mass is 599 g/mol. The summed E-state index contributed by atoms with van der Waals surface area (Å²) in [6.45, 7) is 8.57. The van der Waals surface area contributed by atoms with Crippen molar-refractivity contribution in [3.63, 3.8) is 0 Å². The second-order valence-electron chi connectivity index (χ2n) is 12.2. The topological polar surface area (TPSA) is 99.6 Å². The molecule has 9 heteroatoms. The highest BCUT2D eigenvalue weighted by molar-refractivity contribution is 6.04. The fraction of sp³-hybridized carbons (Fsp3) is 0.457. The number of anilines is 1. The molecule has 6 rings (SSSR count). The average molecular weight is 600 g/mol. The Morgan fingerprint density at radius 3 is 2.25 bits per heavy atom. The van der Waals surface area contributed by atoms with E-state index in [2.05, 4.69) is 0 Å². The van der Waals surface area contributed by atoms with Gasteiger partial charge in [-0.05, 0) is 57.0 Å². The Hall–Kier alpha value is -3.95. The number of nitrogens with zero attached hydrogens (tertiary/aromatic N) is 3. The molecular weight excluding hydrogens is 558 g/mol. The predicted octanol–water partition coefficient (Wildman–Crippen LogP) is 3.89. The van der Waals surface area contributed by atoms with Gasteiger partial charge in [-0.2, -0.15) is 0 Å². The van der Waals surface area contributed by atoms with Gasteiger partial charge in [0.25, 0.3) is 0 Å². The molecule has 0 bridgehead atoms. The van der Waals surface area contributed by atoms with Gasteiger partial charge in [0.05, 0.1) is 36.7 Å². The average Bonchev–Trinajstić information content (AvgIpc) is 3.31. The highest BCUT2D eigenvalue weighted by atomic mass is 16.5. The lowest BCUT2D eigenvalue weighted by Gasteiger charge is -2.41. The Kier molecular flexibility index (Phi) is 7.88. The minimum absolute atomic E-state index is 0.133. The third-order valence-corrected chi connectivity index (χ3v) is 9.68. The first-order valence-electron chi connectivity index (χ1n) is 15.6. The van der Waals surface area contributed by atoms with Crippen molar-refractivity contribution in [3.8, 4) is 5.75 Å². The molecule has 232 valence electrons. The number of hydrogen-bond acceptors (Lipinski definition) is 6. The van der Waals surface area contributed by atoms with Crippen LogP contribution in [0.1, 0.15) is 45.7 Å². The number of carbonyl (C=O) groups is 3. The Labute approximate surface area is 258 Å². The van der Waals surface area contributed by atoms with E-state index in [4.69, 9.17) is 9.47 Å². The number of fused-ring (bicyclic) bond motifs is 2. The SMILES string of the molecule is CCOc1ccc(N2CC=C[C@]3(CC)O[C@]45C=CCN(C(C)C)C(=O)C4N([C@H](CO)c4ccccc4)C(=O)[C@@H]5[C@@H]3C2=O)cc1. The first-order chi connectivity index (χ1) is 21.2. The number of ether oxygens (including phenoxy) is 2. The molecular formula is C35H41N3O6. The molecule has 0 radical (unpaired) electrons. The van der Waals surface area contributed by atoms with Gasteiger partial charge in [0, 0.05) is 24.8 Å². The van der Waals surface area contributed by atoms with Crippen LogP contribution in [0.3, 0.4) is 0 Å². The van der Waals surface area contributed by atoms with E-state index in [0.717, 1.165) is 0 Å². The van der Waals surface area contributed by atoms with Crippen LogP contribution in [0.2, 0.25) is 0 Å². The van der Waals surface area contributed by atoms with E-state index < -0.39 is 35.1 Å². The summed E-state index contributed by atoms with van der Waals surface area (Å²) in [6.07, 6.45) is 8.04. The molecule has 4 aliphatic heterocycles. The fourth-order valence-electron chi connectivity index (χ4n) is 7.67. The van der Waals surface area contributed by atoms with Crippen LogP contribution in [0.5, 0.6) is 5.75 Å². The van der Waals surface area contributed by atoms with Crippen molar-refractivity contribution in [2.75, 3.05) is 31.2 Å². The molecule has 3 amide bonds.